The smallest absolute Gasteiger partial charge is 0.137 e. The number of ether oxygens (including phenoxy) is 1. The minimum absolute atomic E-state index is 0.159. The quantitative estimate of drug-likeness (QED) is 0.779. The molecule has 0 unspecified atom stereocenters. The van der Waals surface area contributed by atoms with Crippen molar-refractivity contribution in [2.24, 2.45) is 0 Å². The summed E-state index contributed by atoms with van der Waals surface area (Å²) in [5, 5.41) is 11.8. The van der Waals surface area contributed by atoms with Gasteiger partial charge in [0.25, 0.3) is 0 Å². The van der Waals surface area contributed by atoms with Crippen molar-refractivity contribution in [3.63, 3.8) is 0 Å². The van der Waals surface area contributed by atoms with Gasteiger partial charge in [0.2, 0.25) is 0 Å². The van der Waals surface area contributed by atoms with E-state index in [2.05, 4.69) is 21.2 Å². The molecule has 0 aliphatic heterocycles. The molecular formula is C11H16BrNO2. The molecule has 0 aromatic heterocycles. The predicted octanol–water partition coefficient (Wildman–Crippen LogP) is 1.93. The van der Waals surface area contributed by atoms with Crippen LogP contribution in [0.5, 0.6) is 5.75 Å². The third kappa shape index (κ3) is 3.81. The predicted molar refractivity (Wildman–Crippen MR) is 64.1 cm³/mol. The molecule has 0 aliphatic carbocycles. The maximum Gasteiger partial charge on any atom is 0.137 e. The summed E-state index contributed by atoms with van der Waals surface area (Å²) >= 11 is 3.45. The molecule has 0 fully saturated rings. The highest BCUT2D eigenvalue weighted by molar-refractivity contribution is 9.10. The van der Waals surface area contributed by atoms with Crippen molar-refractivity contribution in [3.8, 4) is 5.75 Å². The van der Waals surface area contributed by atoms with Crippen molar-refractivity contribution in [2.75, 3.05) is 20.3 Å². The van der Waals surface area contributed by atoms with Crippen LogP contribution in [-0.4, -0.2) is 25.4 Å². The summed E-state index contributed by atoms with van der Waals surface area (Å²) in [5.41, 5.74) is 1.12. The van der Waals surface area contributed by atoms with Gasteiger partial charge in [0.05, 0.1) is 11.1 Å². The zero-order chi connectivity index (χ0) is 11.1. The summed E-state index contributed by atoms with van der Waals surface area (Å²) in [4.78, 5) is 0. The molecule has 0 atom stereocenters. The van der Waals surface area contributed by atoms with Crippen LogP contribution in [0.15, 0.2) is 22.7 Å². The van der Waals surface area contributed by atoms with E-state index in [0.29, 0.717) is 13.0 Å². The van der Waals surface area contributed by atoms with Gasteiger partial charge >= 0.3 is 0 Å². The van der Waals surface area contributed by atoms with Crippen molar-refractivity contribution in [1.29, 1.82) is 0 Å². The van der Waals surface area contributed by atoms with Crippen LogP contribution in [0.4, 0.5) is 0 Å². The van der Waals surface area contributed by atoms with E-state index in [1.807, 2.05) is 25.2 Å². The Hall–Kier alpha value is -0.580. The first-order valence-corrected chi connectivity index (χ1v) is 5.74. The average molecular weight is 274 g/mol. The van der Waals surface area contributed by atoms with Gasteiger partial charge in [-0.2, -0.15) is 0 Å². The Labute approximate surface area is 98.6 Å². The molecular weight excluding hydrogens is 258 g/mol. The lowest BCUT2D eigenvalue weighted by Gasteiger charge is -2.12. The fourth-order valence-electron chi connectivity index (χ4n) is 1.28. The number of para-hydroxylation sites is 1. The minimum Gasteiger partial charge on any atom is -0.492 e. The lowest BCUT2D eigenvalue weighted by atomic mass is 10.2. The van der Waals surface area contributed by atoms with E-state index in [4.69, 9.17) is 9.84 Å². The standard InChI is InChI=1S/C11H16BrNO2/c1-13-8-9-4-2-5-10(12)11(9)15-7-3-6-14/h2,4-5,13-14H,3,6-8H2,1H3. The normalized spacial score (nSPS) is 10.3. The first kappa shape index (κ1) is 12.5. The zero-order valence-electron chi connectivity index (χ0n) is 8.79. The Morgan fingerprint density at radius 3 is 2.93 bits per heavy atom. The Kier molecular flexibility index (Phi) is 5.68. The lowest BCUT2D eigenvalue weighted by molar-refractivity contribution is 0.231. The van der Waals surface area contributed by atoms with Crippen LogP contribution in [0.25, 0.3) is 0 Å². The van der Waals surface area contributed by atoms with Crippen LogP contribution in [0, 0.1) is 0 Å². The maximum atomic E-state index is 8.68. The van der Waals surface area contributed by atoms with Gasteiger partial charge in [-0.3, -0.25) is 0 Å². The summed E-state index contributed by atoms with van der Waals surface area (Å²) in [5.74, 6) is 0.861. The summed E-state index contributed by atoms with van der Waals surface area (Å²) < 4.78 is 6.57. The summed E-state index contributed by atoms with van der Waals surface area (Å²) in [6, 6.07) is 5.96. The highest BCUT2D eigenvalue weighted by Crippen LogP contribution is 2.29. The van der Waals surface area contributed by atoms with Gasteiger partial charge in [0.15, 0.2) is 0 Å². The van der Waals surface area contributed by atoms with E-state index in [0.717, 1.165) is 22.3 Å². The SMILES string of the molecule is CNCc1cccc(Br)c1OCCCO. The highest BCUT2D eigenvalue weighted by atomic mass is 79.9. The van der Waals surface area contributed by atoms with Crippen LogP contribution in [0.1, 0.15) is 12.0 Å². The second-order valence-corrected chi connectivity index (χ2v) is 4.04. The lowest BCUT2D eigenvalue weighted by Crippen LogP contribution is -2.09. The van der Waals surface area contributed by atoms with Crippen LogP contribution in [0.3, 0.4) is 0 Å². The van der Waals surface area contributed by atoms with Gasteiger partial charge in [0, 0.05) is 25.1 Å². The first-order valence-electron chi connectivity index (χ1n) is 4.95. The molecule has 3 nitrogen and oxygen atoms in total. The fraction of sp³-hybridized carbons (Fsp3) is 0.455. The molecule has 0 bridgehead atoms. The molecule has 0 amide bonds. The van der Waals surface area contributed by atoms with E-state index >= 15 is 0 Å². The molecule has 84 valence electrons. The van der Waals surface area contributed by atoms with Crippen LogP contribution >= 0.6 is 15.9 Å². The van der Waals surface area contributed by atoms with E-state index in [9.17, 15) is 0 Å². The topological polar surface area (TPSA) is 41.5 Å². The zero-order valence-corrected chi connectivity index (χ0v) is 10.4. The molecule has 15 heavy (non-hydrogen) atoms. The van der Waals surface area contributed by atoms with Gasteiger partial charge in [-0.05, 0) is 29.0 Å². The monoisotopic (exact) mass is 273 g/mol. The molecule has 1 aromatic rings. The number of benzene rings is 1. The van der Waals surface area contributed by atoms with E-state index in [1.165, 1.54) is 0 Å². The molecule has 0 saturated heterocycles. The number of aliphatic hydroxyl groups is 1. The summed E-state index contributed by atoms with van der Waals surface area (Å²) in [6.07, 6.45) is 0.653. The van der Waals surface area contributed by atoms with E-state index < -0.39 is 0 Å². The van der Waals surface area contributed by atoms with Crippen molar-refractivity contribution in [3.05, 3.63) is 28.2 Å². The van der Waals surface area contributed by atoms with E-state index in [-0.39, 0.29) is 6.61 Å². The summed E-state index contributed by atoms with van der Waals surface area (Å²) in [6.45, 7) is 1.47. The number of nitrogens with one attached hydrogen (secondary N) is 1. The Balaban J connectivity index is 2.72. The second-order valence-electron chi connectivity index (χ2n) is 3.18. The second kappa shape index (κ2) is 6.82. The van der Waals surface area contributed by atoms with Crippen molar-refractivity contribution in [2.45, 2.75) is 13.0 Å². The number of rotatable bonds is 6. The Bertz CT molecular complexity index is 305. The molecule has 4 heteroatoms. The molecule has 0 radical (unpaired) electrons. The number of aliphatic hydroxyl groups excluding tert-OH is 1. The van der Waals surface area contributed by atoms with Crippen LogP contribution in [0.2, 0.25) is 0 Å². The highest BCUT2D eigenvalue weighted by Gasteiger charge is 2.06. The van der Waals surface area contributed by atoms with Gasteiger partial charge in [-0.15, -0.1) is 0 Å². The van der Waals surface area contributed by atoms with Crippen molar-refractivity contribution >= 4 is 15.9 Å². The molecule has 0 spiro atoms. The first-order chi connectivity index (χ1) is 7.29. The average Bonchev–Trinajstić information content (AvgIpc) is 2.23. The van der Waals surface area contributed by atoms with Gasteiger partial charge in [-0.25, -0.2) is 0 Å². The minimum atomic E-state index is 0.159. The van der Waals surface area contributed by atoms with Crippen molar-refractivity contribution < 1.29 is 9.84 Å². The largest absolute Gasteiger partial charge is 0.492 e. The Morgan fingerprint density at radius 2 is 2.27 bits per heavy atom. The third-order valence-electron chi connectivity index (χ3n) is 1.96. The molecule has 1 rings (SSSR count). The Morgan fingerprint density at radius 1 is 1.47 bits per heavy atom. The fourth-order valence-corrected chi connectivity index (χ4v) is 1.81. The van der Waals surface area contributed by atoms with Gasteiger partial charge in [-0.1, -0.05) is 12.1 Å². The molecule has 0 heterocycles. The summed E-state index contributed by atoms with van der Waals surface area (Å²) in [7, 11) is 1.90. The number of halogens is 1. The van der Waals surface area contributed by atoms with Gasteiger partial charge < -0.3 is 15.2 Å². The third-order valence-corrected chi connectivity index (χ3v) is 2.59. The van der Waals surface area contributed by atoms with Gasteiger partial charge in [0.1, 0.15) is 5.75 Å². The number of hydrogen-bond donors (Lipinski definition) is 2. The van der Waals surface area contributed by atoms with E-state index in [1.54, 1.807) is 0 Å². The molecule has 0 aliphatic rings. The molecule has 0 saturated carbocycles. The maximum absolute atomic E-state index is 8.68. The van der Waals surface area contributed by atoms with Crippen LogP contribution in [-0.2, 0) is 6.54 Å². The molecule has 2 N–H and O–H groups in total. The van der Waals surface area contributed by atoms with Crippen LogP contribution < -0.4 is 10.1 Å². The molecule has 1 aromatic carbocycles. The number of hydrogen-bond acceptors (Lipinski definition) is 3. The van der Waals surface area contributed by atoms with Crippen molar-refractivity contribution in [1.82, 2.24) is 5.32 Å².